The summed E-state index contributed by atoms with van der Waals surface area (Å²) in [7, 11) is 2.99. The molecule has 1 aliphatic rings. The van der Waals surface area contributed by atoms with Gasteiger partial charge in [0.15, 0.2) is 5.82 Å². The van der Waals surface area contributed by atoms with E-state index in [1.165, 1.54) is 14.2 Å². The molecule has 130 valence electrons. The van der Waals surface area contributed by atoms with E-state index in [0.717, 1.165) is 0 Å². The van der Waals surface area contributed by atoms with E-state index in [1.807, 2.05) is 0 Å². The second-order valence-corrected chi connectivity index (χ2v) is 5.50. The summed E-state index contributed by atoms with van der Waals surface area (Å²) in [4.78, 5) is 10.3. The van der Waals surface area contributed by atoms with Crippen LogP contribution in [0.4, 0.5) is 19.0 Å². The van der Waals surface area contributed by atoms with Crippen molar-refractivity contribution in [2.45, 2.75) is 19.2 Å². The molecule has 0 saturated carbocycles. The summed E-state index contributed by atoms with van der Waals surface area (Å²) in [5, 5.41) is 0. The highest BCUT2D eigenvalue weighted by atomic mass is 19.4. The molecule has 2 heterocycles. The molecule has 2 rings (SSSR count). The van der Waals surface area contributed by atoms with Gasteiger partial charge in [-0.15, -0.1) is 0 Å². The summed E-state index contributed by atoms with van der Waals surface area (Å²) >= 11 is 0. The number of ether oxygens (including phenoxy) is 2. The Bertz CT molecular complexity index is 527. The standard InChI is InChI=1S/C14H21F3N4O2/c1-22-8-11-19-12(5-13(20-11)23-2)21-4-3-10(14(15,16)17)9(6-18)7-21/h5,9-10H,3-4,6-8,18H2,1-2H3. The fraction of sp³-hybridized carbons (Fsp3) is 0.714. The molecule has 2 atom stereocenters. The molecule has 0 spiro atoms. The number of rotatable bonds is 5. The predicted molar refractivity (Wildman–Crippen MR) is 78.2 cm³/mol. The Morgan fingerprint density at radius 1 is 1.35 bits per heavy atom. The van der Waals surface area contributed by atoms with Crippen LogP contribution in [-0.2, 0) is 11.3 Å². The van der Waals surface area contributed by atoms with Gasteiger partial charge in [0.05, 0.1) is 13.0 Å². The summed E-state index contributed by atoms with van der Waals surface area (Å²) < 4.78 is 49.3. The first-order valence-electron chi connectivity index (χ1n) is 7.31. The third-order valence-corrected chi connectivity index (χ3v) is 4.00. The number of hydrogen-bond donors (Lipinski definition) is 1. The summed E-state index contributed by atoms with van der Waals surface area (Å²) in [6.45, 7) is 0.637. The quantitative estimate of drug-likeness (QED) is 0.882. The minimum atomic E-state index is -4.22. The maximum absolute atomic E-state index is 13.1. The van der Waals surface area contributed by atoms with Gasteiger partial charge in [0, 0.05) is 32.2 Å². The molecular weight excluding hydrogens is 313 g/mol. The highest BCUT2D eigenvalue weighted by Gasteiger charge is 2.46. The van der Waals surface area contributed by atoms with Crippen molar-refractivity contribution in [2.75, 3.05) is 38.8 Å². The van der Waals surface area contributed by atoms with E-state index in [-0.39, 0.29) is 32.7 Å². The van der Waals surface area contributed by atoms with Crippen molar-refractivity contribution in [1.82, 2.24) is 9.97 Å². The Labute approximate surface area is 132 Å². The van der Waals surface area contributed by atoms with Crippen molar-refractivity contribution in [3.05, 3.63) is 11.9 Å². The molecule has 23 heavy (non-hydrogen) atoms. The highest BCUT2D eigenvalue weighted by molar-refractivity contribution is 5.42. The normalized spacial score (nSPS) is 22.3. The number of methoxy groups -OCH3 is 2. The van der Waals surface area contributed by atoms with Crippen LogP contribution in [-0.4, -0.2) is 50.0 Å². The Morgan fingerprint density at radius 3 is 2.65 bits per heavy atom. The zero-order valence-electron chi connectivity index (χ0n) is 13.1. The van der Waals surface area contributed by atoms with Gasteiger partial charge >= 0.3 is 6.18 Å². The number of alkyl halides is 3. The van der Waals surface area contributed by atoms with Gasteiger partial charge in [-0.1, -0.05) is 0 Å². The summed E-state index contributed by atoms with van der Waals surface area (Å²) in [6.07, 6.45) is -4.22. The number of aromatic nitrogens is 2. The summed E-state index contributed by atoms with van der Waals surface area (Å²) in [5.41, 5.74) is 5.56. The monoisotopic (exact) mass is 334 g/mol. The minimum Gasteiger partial charge on any atom is -0.481 e. The first-order valence-corrected chi connectivity index (χ1v) is 7.31. The van der Waals surface area contributed by atoms with E-state index in [0.29, 0.717) is 17.5 Å². The van der Waals surface area contributed by atoms with E-state index in [4.69, 9.17) is 15.2 Å². The van der Waals surface area contributed by atoms with Crippen LogP contribution in [0.2, 0.25) is 0 Å². The second kappa shape index (κ2) is 7.31. The number of halogens is 3. The van der Waals surface area contributed by atoms with Crippen LogP contribution < -0.4 is 15.4 Å². The van der Waals surface area contributed by atoms with Crippen molar-refractivity contribution in [3.8, 4) is 5.88 Å². The van der Waals surface area contributed by atoms with Gasteiger partial charge < -0.3 is 20.1 Å². The third kappa shape index (κ3) is 4.23. The topological polar surface area (TPSA) is 73.5 Å². The molecule has 0 radical (unpaired) electrons. The zero-order valence-corrected chi connectivity index (χ0v) is 13.1. The lowest BCUT2D eigenvalue weighted by Gasteiger charge is -2.39. The number of anilines is 1. The van der Waals surface area contributed by atoms with Gasteiger partial charge in [-0.2, -0.15) is 18.2 Å². The van der Waals surface area contributed by atoms with Crippen LogP contribution in [0.15, 0.2) is 6.07 Å². The smallest absolute Gasteiger partial charge is 0.392 e. The van der Waals surface area contributed by atoms with Gasteiger partial charge in [-0.25, -0.2) is 4.98 Å². The largest absolute Gasteiger partial charge is 0.481 e. The SMILES string of the molecule is COCc1nc(OC)cc(N2CCC(C(F)(F)F)C(CN)C2)n1. The average Bonchev–Trinajstić information content (AvgIpc) is 2.53. The van der Waals surface area contributed by atoms with Gasteiger partial charge in [-0.3, -0.25) is 0 Å². The molecular formula is C14H21F3N4O2. The maximum atomic E-state index is 13.1. The molecule has 9 heteroatoms. The van der Waals surface area contributed by atoms with E-state index in [2.05, 4.69) is 9.97 Å². The average molecular weight is 334 g/mol. The summed E-state index contributed by atoms with van der Waals surface area (Å²) in [6, 6.07) is 1.61. The Hall–Kier alpha value is -1.61. The third-order valence-electron chi connectivity index (χ3n) is 4.00. The van der Waals surface area contributed by atoms with Gasteiger partial charge in [0.25, 0.3) is 0 Å². The Balaban J connectivity index is 2.21. The summed E-state index contributed by atoms with van der Waals surface area (Å²) in [5.74, 6) is -0.724. The molecule has 0 aliphatic carbocycles. The highest BCUT2D eigenvalue weighted by Crippen LogP contribution is 2.38. The first kappa shape index (κ1) is 17.7. The van der Waals surface area contributed by atoms with E-state index in [9.17, 15) is 13.2 Å². The lowest BCUT2D eigenvalue weighted by molar-refractivity contribution is -0.191. The molecule has 2 N–H and O–H groups in total. The number of nitrogens with two attached hydrogens (primary N) is 1. The Morgan fingerprint density at radius 2 is 2.09 bits per heavy atom. The zero-order chi connectivity index (χ0) is 17.0. The molecule has 0 amide bonds. The minimum absolute atomic E-state index is 0.00268. The van der Waals surface area contributed by atoms with Crippen LogP contribution in [0.1, 0.15) is 12.2 Å². The van der Waals surface area contributed by atoms with Crippen molar-refractivity contribution < 1.29 is 22.6 Å². The lowest BCUT2D eigenvalue weighted by Crippen LogP contribution is -2.48. The molecule has 1 aromatic heterocycles. The number of hydrogen-bond acceptors (Lipinski definition) is 6. The van der Waals surface area contributed by atoms with Crippen molar-refractivity contribution in [2.24, 2.45) is 17.6 Å². The molecule has 0 bridgehead atoms. The van der Waals surface area contributed by atoms with Gasteiger partial charge in [-0.05, 0) is 13.0 Å². The number of nitrogens with zero attached hydrogens (tertiary/aromatic N) is 3. The van der Waals surface area contributed by atoms with E-state index >= 15 is 0 Å². The van der Waals surface area contributed by atoms with E-state index < -0.39 is 18.0 Å². The predicted octanol–water partition coefficient (Wildman–Crippen LogP) is 1.60. The number of piperidine rings is 1. The lowest BCUT2D eigenvalue weighted by atomic mass is 9.85. The first-order chi connectivity index (χ1) is 10.9. The fourth-order valence-corrected chi connectivity index (χ4v) is 2.83. The molecule has 2 unspecified atom stereocenters. The Kier molecular flexibility index (Phi) is 5.64. The molecule has 6 nitrogen and oxygen atoms in total. The van der Waals surface area contributed by atoms with Crippen molar-refractivity contribution in [1.29, 1.82) is 0 Å². The van der Waals surface area contributed by atoms with Crippen LogP contribution >= 0.6 is 0 Å². The van der Waals surface area contributed by atoms with Crippen LogP contribution in [0.5, 0.6) is 5.88 Å². The maximum Gasteiger partial charge on any atom is 0.392 e. The molecule has 1 fully saturated rings. The van der Waals surface area contributed by atoms with Crippen LogP contribution in [0.3, 0.4) is 0 Å². The van der Waals surface area contributed by atoms with Crippen molar-refractivity contribution in [3.63, 3.8) is 0 Å². The van der Waals surface area contributed by atoms with Crippen LogP contribution in [0, 0.1) is 11.8 Å². The van der Waals surface area contributed by atoms with Crippen molar-refractivity contribution >= 4 is 5.82 Å². The fourth-order valence-electron chi connectivity index (χ4n) is 2.83. The molecule has 1 aliphatic heterocycles. The van der Waals surface area contributed by atoms with E-state index in [1.54, 1.807) is 11.0 Å². The molecule has 0 aromatic carbocycles. The molecule has 1 saturated heterocycles. The van der Waals surface area contributed by atoms with Crippen LogP contribution in [0.25, 0.3) is 0 Å². The van der Waals surface area contributed by atoms with Gasteiger partial charge in [0.2, 0.25) is 5.88 Å². The van der Waals surface area contributed by atoms with Gasteiger partial charge in [0.1, 0.15) is 12.4 Å². The molecule has 1 aromatic rings. The second-order valence-electron chi connectivity index (χ2n) is 5.50.